The van der Waals surface area contributed by atoms with Crippen LogP contribution in [0.1, 0.15) is 27.7 Å². The molecule has 0 bridgehead atoms. The highest BCUT2D eigenvalue weighted by Crippen LogP contribution is 2.17. The number of aromatic nitrogens is 2. The van der Waals surface area contributed by atoms with Crippen molar-refractivity contribution in [1.82, 2.24) is 14.9 Å². The van der Waals surface area contributed by atoms with E-state index in [0.29, 0.717) is 12.5 Å². The molecule has 7 heteroatoms. The summed E-state index contributed by atoms with van der Waals surface area (Å²) in [6.45, 7) is 10.1. The first-order valence-electron chi connectivity index (χ1n) is 7.42. The Kier molecular flexibility index (Phi) is 5.39. The van der Waals surface area contributed by atoms with Crippen molar-refractivity contribution in [3.05, 3.63) is 16.9 Å². The lowest BCUT2D eigenvalue weighted by Gasteiger charge is -2.40. The molecule has 1 aliphatic heterocycles. The van der Waals surface area contributed by atoms with Crippen LogP contribution in [0, 0.1) is 0 Å². The van der Waals surface area contributed by atoms with E-state index in [1.54, 1.807) is 12.4 Å². The number of anilines is 1. The molecule has 1 aromatic rings. The quantitative estimate of drug-likeness (QED) is 0.815. The van der Waals surface area contributed by atoms with Gasteiger partial charge in [-0.15, -0.1) is 0 Å². The van der Waals surface area contributed by atoms with Crippen molar-refractivity contribution >= 4 is 27.8 Å². The molecule has 1 fully saturated rings. The molecule has 1 aromatic heterocycles. The Morgan fingerprint density at radius 2 is 2.00 bits per heavy atom. The number of hydrogen-bond donors (Lipinski definition) is 0. The Hall–Kier alpha value is -1.21. The summed E-state index contributed by atoms with van der Waals surface area (Å²) in [5, 5.41) is 0. The number of piperazine rings is 1. The van der Waals surface area contributed by atoms with Gasteiger partial charge >= 0.3 is 0 Å². The Labute approximate surface area is 140 Å². The molecule has 0 saturated carbocycles. The molecule has 1 aliphatic rings. The van der Waals surface area contributed by atoms with Crippen molar-refractivity contribution in [2.75, 3.05) is 31.1 Å². The molecule has 2 rings (SSSR count). The summed E-state index contributed by atoms with van der Waals surface area (Å²) in [7, 11) is 0. The molecule has 0 aliphatic carbocycles. The van der Waals surface area contributed by atoms with Crippen LogP contribution >= 0.6 is 15.9 Å². The van der Waals surface area contributed by atoms with Crippen molar-refractivity contribution in [3.63, 3.8) is 0 Å². The maximum Gasteiger partial charge on any atom is 0.248 e. The molecule has 0 spiro atoms. The molecule has 22 heavy (non-hydrogen) atoms. The number of halogens is 1. The minimum atomic E-state index is -0.300. The monoisotopic (exact) mass is 370 g/mol. The molecule has 0 aromatic carbocycles. The van der Waals surface area contributed by atoms with Crippen LogP contribution in [0.5, 0.6) is 0 Å². The van der Waals surface area contributed by atoms with Crippen molar-refractivity contribution in [2.24, 2.45) is 0 Å². The molecule has 1 unspecified atom stereocenters. The number of rotatable bonds is 3. The molecule has 0 radical (unpaired) electrons. The third-order valence-electron chi connectivity index (χ3n) is 3.47. The van der Waals surface area contributed by atoms with E-state index < -0.39 is 0 Å². The molecule has 1 saturated heterocycles. The first-order valence-corrected chi connectivity index (χ1v) is 8.21. The van der Waals surface area contributed by atoms with E-state index in [1.165, 1.54) is 0 Å². The van der Waals surface area contributed by atoms with Crippen molar-refractivity contribution in [3.8, 4) is 0 Å². The van der Waals surface area contributed by atoms with Gasteiger partial charge in [-0.05, 0) is 43.6 Å². The first-order chi connectivity index (χ1) is 10.3. The summed E-state index contributed by atoms with van der Waals surface area (Å²) in [6, 6.07) is 0.108. The highest BCUT2D eigenvalue weighted by atomic mass is 79.9. The van der Waals surface area contributed by atoms with E-state index in [0.717, 1.165) is 17.6 Å². The minimum Gasteiger partial charge on any atom is -0.366 e. The van der Waals surface area contributed by atoms with Gasteiger partial charge in [-0.1, -0.05) is 0 Å². The van der Waals surface area contributed by atoms with Gasteiger partial charge < -0.3 is 14.5 Å². The second-order valence-corrected chi connectivity index (χ2v) is 7.40. The van der Waals surface area contributed by atoms with Crippen LogP contribution in [0.3, 0.4) is 0 Å². The molecular formula is C15H23BrN4O2. The molecule has 1 amide bonds. The molecule has 6 nitrogen and oxygen atoms in total. The second-order valence-electron chi connectivity index (χ2n) is 6.48. The molecule has 122 valence electrons. The van der Waals surface area contributed by atoms with E-state index in [1.807, 2.05) is 32.6 Å². The fourth-order valence-corrected chi connectivity index (χ4v) is 2.54. The van der Waals surface area contributed by atoms with Crippen LogP contribution in [0.15, 0.2) is 16.9 Å². The van der Waals surface area contributed by atoms with Gasteiger partial charge in [0.05, 0.1) is 10.1 Å². The van der Waals surface area contributed by atoms with Crippen LogP contribution in [0.2, 0.25) is 0 Å². The summed E-state index contributed by atoms with van der Waals surface area (Å²) < 4.78 is 6.44. The van der Waals surface area contributed by atoms with Gasteiger partial charge in [-0.3, -0.25) is 4.79 Å². The van der Waals surface area contributed by atoms with Crippen LogP contribution < -0.4 is 4.90 Å². The topological polar surface area (TPSA) is 58.6 Å². The molecule has 0 N–H and O–H groups in total. The zero-order chi connectivity index (χ0) is 16.3. The van der Waals surface area contributed by atoms with Gasteiger partial charge in [-0.25, -0.2) is 9.97 Å². The van der Waals surface area contributed by atoms with Crippen LogP contribution in [0.25, 0.3) is 0 Å². The molecular weight excluding hydrogens is 348 g/mol. The Bertz CT molecular complexity index is 515. The van der Waals surface area contributed by atoms with Crippen molar-refractivity contribution in [1.29, 1.82) is 0 Å². The standard InChI is InChI=1S/C15H23BrN4O2/c1-11-9-19(14-17-7-12(16)8-18-14)5-6-20(11)13(21)10-22-15(2,3)4/h7-8,11H,5-6,9-10H2,1-4H3. The fraction of sp³-hybridized carbons (Fsp3) is 0.667. The van der Waals surface area contributed by atoms with Gasteiger partial charge in [0.2, 0.25) is 11.9 Å². The zero-order valence-electron chi connectivity index (χ0n) is 13.5. The predicted octanol–water partition coefficient (Wildman–Crippen LogP) is 2.09. The SMILES string of the molecule is CC1CN(c2ncc(Br)cn2)CCN1C(=O)COC(C)(C)C. The van der Waals surface area contributed by atoms with Crippen LogP contribution in [-0.2, 0) is 9.53 Å². The second kappa shape index (κ2) is 6.91. The van der Waals surface area contributed by atoms with Crippen LogP contribution in [-0.4, -0.2) is 58.7 Å². The maximum atomic E-state index is 12.3. The number of carbonyl (C=O) groups excluding carboxylic acids is 1. The number of ether oxygens (including phenoxy) is 1. The van der Waals surface area contributed by atoms with Gasteiger partial charge in [0.25, 0.3) is 0 Å². The van der Waals surface area contributed by atoms with Crippen molar-refractivity contribution in [2.45, 2.75) is 39.3 Å². The highest BCUT2D eigenvalue weighted by molar-refractivity contribution is 9.10. The summed E-state index contributed by atoms with van der Waals surface area (Å²) in [5.41, 5.74) is -0.300. The lowest BCUT2D eigenvalue weighted by Crippen LogP contribution is -2.55. The van der Waals surface area contributed by atoms with E-state index >= 15 is 0 Å². The third-order valence-corrected chi connectivity index (χ3v) is 3.88. The number of nitrogens with zero attached hydrogens (tertiary/aromatic N) is 4. The lowest BCUT2D eigenvalue weighted by atomic mass is 10.2. The summed E-state index contributed by atoms with van der Waals surface area (Å²) >= 11 is 3.33. The first kappa shape index (κ1) is 17.1. The fourth-order valence-electron chi connectivity index (χ4n) is 2.34. The van der Waals surface area contributed by atoms with Crippen LogP contribution in [0.4, 0.5) is 5.95 Å². The predicted molar refractivity (Wildman–Crippen MR) is 88.8 cm³/mol. The summed E-state index contributed by atoms with van der Waals surface area (Å²) in [6.07, 6.45) is 3.48. The van der Waals surface area contributed by atoms with Gasteiger partial charge in [0.15, 0.2) is 0 Å². The summed E-state index contributed by atoms with van der Waals surface area (Å²) in [5.74, 6) is 0.742. The van der Waals surface area contributed by atoms with E-state index in [9.17, 15) is 4.79 Å². The van der Waals surface area contributed by atoms with Gasteiger partial charge in [-0.2, -0.15) is 0 Å². The number of carbonyl (C=O) groups is 1. The van der Waals surface area contributed by atoms with E-state index in [4.69, 9.17) is 4.74 Å². The third kappa shape index (κ3) is 4.64. The highest BCUT2D eigenvalue weighted by Gasteiger charge is 2.29. The normalized spacial score (nSPS) is 19.4. The smallest absolute Gasteiger partial charge is 0.248 e. The van der Waals surface area contributed by atoms with E-state index in [2.05, 4.69) is 30.8 Å². The van der Waals surface area contributed by atoms with Gasteiger partial charge in [0, 0.05) is 38.1 Å². The van der Waals surface area contributed by atoms with Crippen molar-refractivity contribution < 1.29 is 9.53 Å². The maximum absolute atomic E-state index is 12.3. The van der Waals surface area contributed by atoms with E-state index in [-0.39, 0.29) is 24.2 Å². The Morgan fingerprint density at radius 3 is 2.55 bits per heavy atom. The molecule has 2 heterocycles. The average molecular weight is 371 g/mol. The lowest BCUT2D eigenvalue weighted by molar-refractivity contribution is -0.143. The zero-order valence-corrected chi connectivity index (χ0v) is 15.1. The number of amides is 1. The Morgan fingerprint density at radius 1 is 1.36 bits per heavy atom. The van der Waals surface area contributed by atoms with Gasteiger partial charge in [0.1, 0.15) is 6.61 Å². The average Bonchev–Trinajstić information content (AvgIpc) is 2.44. The number of hydrogen-bond acceptors (Lipinski definition) is 5. The largest absolute Gasteiger partial charge is 0.366 e. The summed E-state index contributed by atoms with van der Waals surface area (Å²) in [4.78, 5) is 24.9. The minimum absolute atomic E-state index is 0.0406. The Balaban J connectivity index is 1.92. The molecule has 1 atom stereocenters.